The second-order valence-electron chi connectivity index (χ2n) is 5.58. The van der Waals surface area contributed by atoms with Crippen molar-refractivity contribution in [2.45, 2.75) is 32.2 Å². The van der Waals surface area contributed by atoms with Crippen molar-refractivity contribution in [1.29, 1.82) is 0 Å². The van der Waals surface area contributed by atoms with E-state index in [0.717, 1.165) is 18.6 Å². The van der Waals surface area contributed by atoms with Gasteiger partial charge in [0.05, 0.1) is 12.6 Å². The van der Waals surface area contributed by atoms with Crippen molar-refractivity contribution in [1.82, 2.24) is 9.88 Å². The lowest BCUT2D eigenvalue weighted by atomic mass is 9.91. The fraction of sp³-hybridized carbons (Fsp3) is 0.500. The number of fused-ring (bicyclic) bond motifs is 3. The van der Waals surface area contributed by atoms with E-state index in [1.165, 1.54) is 34.1 Å². The fourth-order valence-corrected chi connectivity index (χ4v) is 3.42. The summed E-state index contributed by atoms with van der Waals surface area (Å²) in [6, 6.07) is 5.03. The van der Waals surface area contributed by atoms with E-state index in [1.54, 1.807) is 7.11 Å². The van der Waals surface area contributed by atoms with E-state index in [4.69, 9.17) is 4.74 Å². The third kappa shape index (κ3) is 1.84. The lowest BCUT2D eigenvalue weighted by Crippen LogP contribution is -2.31. The smallest absolute Gasteiger partial charge is 0.143 e. The number of aryl methyl sites for hydroxylation is 2. The standard InChI is InChI=1S/C16H22N2O/c1-10-7-13-12-9-11(17-2)5-6-14(12)18(3)16(13)15(8-10)19-4/h7-8,11,17H,5-6,9H2,1-4H3. The van der Waals surface area contributed by atoms with Crippen LogP contribution in [0.2, 0.25) is 0 Å². The molecule has 1 aliphatic carbocycles. The highest BCUT2D eigenvalue weighted by Crippen LogP contribution is 2.36. The first-order valence-corrected chi connectivity index (χ1v) is 6.97. The Labute approximate surface area is 114 Å². The monoisotopic (exact) mass is 258 g/mol. The van der Waals surface area contributed by atoms with Crippen LogP contribution in [-0.4, -0.2) is 24.8 Å². The highest BCUT2D eigenvalue weighted by Gasteiger charge is 2.25. The molecule has 0 saturated carbocycles. The van der Waals surface area contributed by atoms with Gasteiger partial charge in [-0.15, -0.1) is 0 Å². The predicted molar refractivity (Wildman–Crippen MR) is 79.1 cm³/mol. The van der Waals surface area contributed by atoms with Crippen LogP contribution in [0.1, 0.15) is 23.2 Å². The molecule has 3 rings (SSSR count). The summed E-state index contributed by atoms with van der Waals surface area (Å²) >= 11 is 0. The average Bonchev–Trinajstić information content (AvgIpc) is 2.71. The molecule has 2 aromatic rings. The maximum absolute atomic E-state index is 5.58. The molecule has 0 fully saturated rings. The van der Waals surface area contributed by atoms with E-state index in [-0.39, 0.29) is 0 Å². The Morgan fingerprint density at radius 1 is 1.37 bits per heavy atom. The molecule has 0 aliphatic heterocycles. The number of ether oxygens (including phenoxy) is 1. The van der Waals surface area contributed by atoms with Crippen LogP contribution in [0, 0.1) is 6.92 Å². The lowest BCUT2D eigenvalue weighted by molar-refractivity contribution is 0.417. The van der Waals surface area contributed by atoms with Gasteiger partial charge in [0, 0.05) is 24.2 Å². The van der Waals surface area contributed by atoms with Crippen molar-refractivity contribution in [3.63, 3.8) is 0 Å². The van der Waals surface area contributed by atoms with Crippen LogP contribution in [-0.2, 0) is 19.9 Å². The maximum Gasteiger partial charge on any atom is 0.143 e. The van der Waals surface area contributed by atoms with Crippen LogP contribution in [0.4, 0.5) is 0 Å². The first-order valence-electron chi connectivity index (χ1n) is 6.97. The molecule has 3 nitrogen and oxygen atoms in total. The van der Waals surface area contributed by atoms with Crippen molar-refractivity contribution in [3.05, 3.63) is 29.0 Å². The quantitative estimate of drug-likeness (QED) is 0.896. The van der Waals surface area contributed by atoms with Gasteiger partial charge in [-0.05, 0) is 56.5 Å². The van der Waals surface area contributed by atoms with Crippen molar-refractivity contribution in [2.75, 3.05) is 14.2 Å². The predicted octanol–water partition coefficient (Wildman–Crippen LogP) is 2.57. The van der Waals surface area contributed by atoms with Crippen LogP contribution >= 0.6 is 0 Å². The summed E-state index contributed by atoms with van der Waals surface area (Å²) in [5.74, 6) is 0.993. The molecule has 102 valence electrons. The molecule has 0 spiro atoms. The number of nitrogens with one attached hydrogen (secondary N) is 1. The molecular weight excluding hydrogens is 236 g/mol. The largest absolute Gasteiger partial charge is 0.495 e. The van der Waals surface area contributed by atoms with Gasteiger partial charge in [0.2, 0.25) is 0 Å². The zero-order chi connectivity index (χ0) is 13.6. The van der Waals surface area contributed by atoms with Crippen LogP contribution < -0.4 is 10.1 Å². The summed E-state index contributed by atoms with van der Waals surface area (Å²) in [4.78, 5) is 0. The zero-order valence-corrected chi connectivity index (χ0v) is 12.2. The molecule has 0 radical (unpaired) electrons. The first-order chi connectivity index (χ1) is 9.15. The maximum atomic E-state index is 5.58. The van der Waals surface area contributed by atoms with E-state index in [0.29, 0.717) is 6.04 Å². The van der Waals surface area contributed by atoms with E-state index < -0.39 is 0 Å². The molecule has 1 unspecified atom stereocenters. The molecule has 1 N–H and O–H groups in total. The van der Waals surface area contributed by atoms with Gasteiger partial charge >= 0.3 is 0 Å². The van der Waals surface area contributed by atoms with Gasteiger partial charge in [-0.25, -0.2) is 0 Å². The van der Waals surface area contributed by atoms with Crippen LogP contribution in [0.15, 0.2) is 12.1 Å². The third-order valence-electron chi connectivity index (χ3n) is 4.44. The summed E-state index contributed by atoms with van der Waals surface area (Å²) in [5, 5.41) is 4.79. The third-order valence-corrected chi connectivity index (χ3v) is 4.44. The number of benzene rings is 1. The molecule has 3 heteroatoms. The molecule has 0 amide bonds. The lowest BCUT2D eigenvalue weighted by Gasteiger charge is -2.22. The minimum absolute atomic E-state index is 0.601. The number of likely N-dealkylation sites (N-methyl/N-ethyl adjacent to an activating group) is 1. The first kappa shape index (κ1) is 12.5. The number of nitrogens with zero attached hydrogens (tertiary/aromatic N) is 1. The molecule has 1 aliphatic rings. The molecular formula is C16H22N2O. The number of rotatable bonds is 2. The molecule has 1 aromatic heterocycles. The topological polar surface area (TPSA) is 26.2 Å². The Hall–Kier alpha value is -1.48. The van der Waals surface area contributed by atoms with Crippen molar-refractivity contribution < 1.29 is 4.74 Å². The summed E-state index contributed by atoms with van der Waals surface area (Å²) in [6.45, 7) is 2.14. The Kier molecular flexibility index (Phi) is 3.02. The molecule has 0 bridgehead atoms. The number of aromatic nitrogens is 1. The van der Waals surface area contributed by atoms with Crippen LogP contribution in [0.5, 0.6) is 5.75 Å². The fourth-order valence-electron chi connectivity index (χ4n) is 3.42. The Bertz CT molecular complexity index is 627. The highest BCUT2D eigenvalue weighted by atomic mass is 16.5. The van der Waals surface area contributed by atoms with Gasteiger partial charge in [0.15, 0.2) is 0 Å². The number of hydrogen-bond acceptors (Lipinski definition) is 2. The normalized spacial score (nSPS) is 18.6. The van der Waals surface area contributed by atoms with Gasteiger partial charge < -0.3 is 14.6 Å². The summed E-state index contributed by atoms with van der Waals surface area (Å²) in [7, 11) is 5.99. The Balaban J connectivity index is 2.28. The van der Waals surface area contributed by atoms with Crippen LogP contribution in [0.3, 0.4) is 0 Å². The van der Waals surface area contributed by atoms with E-state index in [9.17, 15) is 0 Å². The Morgan fingerprint density at radius 2 is 2.16 bits per heavy atom. The van der Waals surface area contributed by atoms with Gasteiger partial charge in [-0.2, -0.15) is 0 Å². The van der Waals surface area contributed by atoms with Gasteiger partial charge in [-0.3, -0.25) is 0 Å². The Morgan fingerprint density at radius 3 is 2.84 bits per heavy atom. The molecule has 0 saturated heterocycles. The van der Waals surface area contributed by atoms with Crippen molar-refractivity contribution in [2.24, 2.45) is 7.05 Å². The van der Waals surface area contributed by atoms with Gasteiger partial charge in [0.1, 0.15) is 5.75 Å². The minimum atomic E-state index is 0.601. The summed E-state index contributed by atoms with van der Waals surface area (Å²) < 4.78 is 7.91. The van der Waals surface area contributed by atoms with Crippen LogP contribution in [0.25, 0.3) is 10.9 Å². The van der Waals surface area contributed by atoms with E-state index in [1.807, 2.05) is 0 Å². The van der Waals surface area contributed by atoms with Gasteiger partial charge in [-0.1, -0.05) is 0 Å². The minimum Gasteiger partial charge on any atom is -0.495 e. The molecule has 1 heterocycles. The second kappa shape index (κ2) is 4.57. The molecule has 1 aromatic carbocycles. The second-order valence-corrected chi connectivity index (χ2v) is 5.58. The van der Waals surface area contributed by atoms with Gasteiger partial charge in [0.25, 0.3) is 0 Å². The van der Waals surface area contributed by atoms with Crippen molar-refractivity contribution in [3.8, 4) is 5.75 Å². The van der Waals surface area contributed by atoms with E-state index in [2.05, 4.69) is 43.0 Å². The van der Waals surface area contributed by atoms with E-state index >= 15 is 0 Å². The summed E-state index contributed by atoms with van der Waals surface area (Å²) in [6.07, 6.45) is 3.49. The SMILES string of the molecule is CNC1CCc2c(c3cc(C)cc(OC)c3n2C)C1. The average molecular weight is 258 g/mol. The molecule has 19 heavy (non-hydrogen) atoms. The molecule has 1 atom stereocenters. The van der Waals surface area contributed by atoms with Crippen molar-refractivity contribution >= 4 is 10.9 Å². The number of hydrogen-bond donors (Lipinski definition) is 1. The summed E-state index contributed by atoms with van der Waals surface area (Å²) in [5.41, 5.74) is 5.50. The number of methoxy groups -OCH3 is 1. The zero-order valence-electron chi connectivity index (χ0n) is 12.2. The highest BCUT2D eigenvalue weighted by molar-refractivity contribution is 5.91.